The third-order valence-corrected chi connectivity index (χ3v) is 6.00. The van der Waals surface area contributed by atoms with Crippen molar-refractivity contribution in [2.75, 3.05) is 19.0 Å². The van der Waals surface area contributed by atoms with Gasteiger partial charge in [-0.05, 0) is 48.1 Å². The van der Waals surface area contributed by atoms with Crippen LogP contribution < -0.4 is 10.0 Å². The van der Waals surface area contributed by atoms with Gasteiger partial charge in [-0.1, -0.05) is 0 Å². The lowest BCUT2D eigenvalue weighted by Crippen LogP contribution is -2.20. The Hall–Kier alpha value is -1.49. The number of carbonyl (C=O) groups excluding carboxylic acids is 1. The summed E-state index contributed by atoms with van der Waals surface area (Å²) >= 11 is 4.93. The summed E-state index contributed by atoms with van der Waals surface area (Å²) in [4.78, 5) is 17.1. The molecule has 130 valence electrons. The van der Waals surface area contributed by atoms with E-state index in [9.17, 15) is 13.2 Å². The minimum absolute atomic E-state index is 0.0730. The molecule has 2 rings (SSSR count). The molecule has 0 aromatic carbocycles. The van der Waals surface area contributed by atoms with Crippen LogP contribution in [0.3, 0.4) is 0 Å². The quantitative estimate of drug-likeness (QED) is 0.651. The van der Waals surface area contributed by atoms with Gasteiger partial charge in [0.2, 0.25) is 10.0 Å². The summed E-state index contributed by atoms with van der Waals surface area (Å²) in [6.45, 7) is 2.31. The molecule has 2 aromatic heterocycles. The molecule has 0 aliphatic heterocycles. The van der Waals surface area contributed by atoms with Gasteiger partial charge in [-0.25, -0.2) is 22.9 Å². The molecule has 0 radical (unpaired) electrons. The van der Waals surface area contributed by atoms with Crippen molar-refractivity contribution in [3.8, 4) is 0 Å². The van der Waals surface area contributed by atoms with E-state index in [4.69, 9.17) is 4.74 Å². The van der Waals surface area contributed by atoms with E-state index >= 15 is 0 Å². The highest BCUT2D eigenvalue weighted by Gasteiger charge is 2.20. The Morgan fingerprint density at radius 1 is 1.42 bits per heavy atom. The number of nitrogens with zero attached hydrogens (tertiary/aromatic N) is 1. The molecule has 10 heteroatoms. The lowest BCUT2D eigenvalue weighted by atomic mass is 10.2. The monoisotopic (exact) mass is 433 g/mol. The van der Waals surface area contributed by atoms with Gasteiger partial charge in [0.05, 0.1) is 16.9 Å². The fourth-order valence-corrected chi connectivity index (χ4v) is 3.96. The standard InChI is InChI=1S/C14H16BrN3O4S2/c1-3-22-14(19)11-6-10(24(20,21)16-2)8-18-13(11)17-7-9-4-5-12(15)23-9/h4-6,8,16H,3,7H2,1-2H3,(H,17,18). The number of ether oxygens (including phenoxy) is 1. The molecular weight excluding hydrogens is 418 g/mol. The molecule has 0 aliphatic rings. The number of carbonyl (C=O) groups is 1. The Bertz CT molecular complexity index is 836. The topological polar surface area (TPSA) is 97.4 Å². The second-order valence-electron chi connectivity index (χ2n) is 4.55. The van der Waals surface area contributed by atoms with Gasteiger partial charge >= 0.3 is 5.97 Å². The van der Waals surface area contributed by atoms with Gasteiger partial charge in [0.15, 0.2) is 0 Å². The normalized spacial score (nSPS) is 11.3. The Labute approximate surface area is 152 Å². The highest BCUT2D eigenvalue weighted by molar-refractivity contribution is 9.11. The molecule has 0 spiro atoms. The summed E-state index contributed by atoms with van der Waals surface area (Å²) in [7, 11) is -2.41. The lowest BCUT2D eigenvalue weighted by Gasteiger charge is -2.11. The molecule has 0 unspecified atom stereocenters. The van der Waals surface area contributed by atoms with Crippen molar-refractivity contribution in [2.45, 2.75) is 18.4 Å². The van der Waals surface area contributed by atoms with E-state index in [1.807, 2.05) is 12.1 Å². The number of hydrogen-bond donors (Lipinski definition) is 2. The van der Waals surface area contributed by atoms with Gasteiger partial charge < -0.3 is 10.1 Å². The first-order valence-electron chi connectivity index (χ1n) is 6.96. The smallest absolute Gasteiger partial charge is 0.341 e. The van der Waals surface area contributed by atoms with Crippen LogP contribution in [0.2, 0.25) is 0 Å². The highest BCUT2D eigenvalue weighted by Crippen LogP contribution is 2.24. The maximum absolute atomic E-state index is 12.1. The minimum atomic E-state index is -3.70. The predicted octanol–water partition coefficient (Wildman–Crippen LogP) is 2.60. The van der Waals surface area contributed by atoms with Crippen molar-refractivity contribution in [1.82, 2.24) is 9.71 Å². The zero-order valence-corrected chi connectivity index (χ0v) is 16.2. The van der Waals surface area contributed by atoms with Crippen LogP contribution in [0.5, 0.6) is 0 Å². The van der Waals surface area contributed by atoms with E-state index in [-0.39, 0.29) is 22.9 Å². The number of anilines is 1. The van der Waals surface area contributed by atoms with Crippen LogP contribution in [-0.4, -0.2) is 33.0 Å². The minimum Gasteiger partial charge on any atom is -0.462 e. The van der Waals surface area contributed by atoms with Crippen molar-refractivity contribution in [3.63, 3.8) is 0 Å². The van der Waals surface area contributed by atoms with Gasteiger partial charge in [-0.15, -0.1) is 11.3 Å². The predicted molar refractivity (Wildman–Crippen MR) is 95.8 cm³/mol. The molecule has 0 amide bonds. The molecule has 0 bridgehead atoms. The zero-order chi connectivity index (χ0) is 17.7. The Balaban J connectivity index is 2.33. The number of aromatic nitrogens is 1. The number of pyridine rings is 1. The summed E-state index contributed by atoms with van der Waals surface area (Å²) < 4.78 is 32.0. The molecule has 0 fully saturated rings. The largest absolute Gasteiger partial charge is 0.462 e. The second-order valence-corrected chi connectivity index (χ2v) is 8.99. The number of halogens is 1. The third-order valence-electron chi connectivity index (χ3n) is 3.00. The Kier molecular flexibility index (Phi) is 6.33. The summed E-state index contributed by atoms with van der Waals surface area (Å²) in [5, 5.41) is 3.04. The number of nitrogens with one attached hydrogen (secondary N) is 2. The summed E-state index contributed by atoms with van der Waals surface area (Å²) in [5.41, 5.74) is 0.0730. The molecule has 2 heterocycles. The first-order valence-corrected chi connectivity index (χ1v) is 10.1. The van der Waals surface area contributed by atoms with Crippen LogP contribution in [0.25, 0.3) is 0 Å². The molecule has 0 atom stereocenters. The maximum atomic E-state index is 12.1. The molecule has 7 nitrogen and oxygen atoms in total. The van der Waals surface area contributed by atoms with Crippen LogP contribution in [0.1, 0.15) is 22.2 Å². The fraction of sp³-hybridized carbons (Fsp3) is 0.286. The molecule has 0 aliphatic carbocycles. The Morgan fingerprint density at radius 3 is 2.75 bits per heavy atom. The third kappa shape index (κ3) is 4.53. The lowest BCUT2D eigenvalue weighted by molar-refractivity contribution is 0.0526. The molecular formula is C14H16BrN3O4S2. The van der Waals surface area contributed by atoms with Gasteiger partial charge in [0.1, 0.15) is 16.3 Å². The highest BCUT2D eigenvalue weighted by atomic mass is 79.9. The average Bonchev–Trinajstić information content (AvgIpc) is 2.98. The van der Waals surface area contributed by atoms with Crippen LogP contribution in [0.15, 0.2) is 33.1 Å². The van der Waals surface area contributed by atoms with Crippen molar-refractivity contribution in [3.05, 3.63) is 38.6 Å². The molecule has 2 aromatic rings. The molecule has 2 N–H and O–H groups in total. The zero-order valence-electron chi connectivity index (χ0n) is 13.0. The van der Waals surface area contributed by atoms with Crippen LogP contribution in [0, 0.1) is 0 Å². The van der Waals surface area contributed by atoms with Crippen molar-refractivity contribution >= 4 is 49.1 Å². The first kappa shape index (κ1) is 18.8. The Morgan fingerprint density at radius 2 is 2.17 bits per heavy atom. The van der Waals surface area contributed by atoms with E-state index in [0.717, 1.165) is 8.66 Å². The SMILES string of the molecule is CCOC(=O)c1cc(S(=O)(=O)NC)cnc1NCc1ccc(Br)s1. The van der Waals surface area contributed by atoms with E-state index < -0.39 is 16.0 Å². The molecule has 0 saturated heterocycles. The number of rotatable bonds is 7. The fourth-order valence-electron chi connectivity index (χ4n) is 1.83. The molecule has 0 saturated carbocycles. The van der Waals surface area contributed by atoms with Crippen LogP contribution in [0.4, 0.5) is 5.82 Å². The van der Waals surface area contributed by atoms with Gasteiger partial charge in [0.25, 0.3) is 0 Å². The van der Waals surface area contributed by atoms with Gasteiger partial charge in [-0.3, -0.25) is 0 Å². The van der Waals surface area contributed by atoms with Gasteiger partial charge in [-0.2, -0.15) is 0 Å². The van der Waals surface area contributed by atoms with Crippen molar-refractivity contribution in [2.24, 2.45) is 0 Å². The summed E-state index contributed by atoms with van der Waals surface area (Å²) in [6, 6.07) is 5.11. The maximum Gasteiger partial charge on any atom is 0.341 e. The summed E-state index contributed by atoms with van der Waals surface area (Å²) in [6.07, 6.45) is 1.20. The number of sulfonamides is 1. The summed E-state index contributed by atoms with van der Waals surface area (Å²) in [5.74, 6) is -0.360. The van der Waals surface area contributed by atoms with Crippen LogP contribution in [-0.2, 0) is 21.3 Å². The number of esters is 1. The van der Waals surface area contributed by atoms with E-state index in [2.05, 4.69) is 31.0 Å². The van der Waals surface area contributed by atoms with E-state index in [0.29, 0.717) is 6.54 Å². The van der Waals surface area contributed by atoms with Crippen molar-refractivity contribution < 1.29 is 17.9 Å². The van der Waals surface area contributed by atoms with Gasteiger partial charge in [0, 0.05) is 11.1 Å². The first-order chi connectivity index (χ1) is 11.4. The number of hydrogen-bond acceptors (Lipinski definition) is 7. The van der Waals surface area contributed by atoms with E-state index in [1.165, 1.54) is 19.3 Å². The average molecular weight is 434 g/mol. The van der Waals surface area contributed by atoms with Crippen LogP contribution >= 0.6 is 27.3 Å². The number of thiophene rings is 1. The molecule has 24 heavy (non-hydrogen) atoms. The van der Waals surface area contributed by atoms with Crippen molar-refractivity contribution in [1.29, 1.82) is 0 Å². The van der Waals surface area contributed by atoms with E-state index in [1.54, 1.807) is 18.3 Å². The second kappa shape index (κ2) is 8.06.